The summed E-state index contributed by atoms with van der Waals surface area (Å²) < 4.78 is 0. The molecule has 20 heavy (non-hydrogen) atoms. The first-order valence-corrected chi connectivity index (χ1v) is 7.14. The normalized spacial score (nSPS) is 14.4. The van der Waals surface area contributed by atoms with Crippen molar-refractivity contribution >= 4 is 17.5 Å². The molecule has 0 aromatic carbocycles. The molecule has 1 amide bonds. The summed E-state index contributed by atoms with van der Waals surface area (Å²) in [6.07, 6.45) is 2.66. The molecule has 6 heteroatoms. The summed E-state index contributed by atoms with van der Waals surface area (Å²) in [6.45, 7) is 6.48. The van der Waals surface area contributed by atoms with Crippen LogP contribution < -0.4 is 16.4 Å². The molecule has 0 spiro atoms. The van der Waals surface area contributed by atoms with Crippen molar-refractivity contribution in [3.63, 3.8) is 0 Å². The highest BCUT2D eigenvalue weighted by atomic mass is 16.1. The lowest BCUT2D eigenvalue weighted by Gasteiger charge is -2.13. The van der Waals surface area contributed by atoms with Gasteiger partial charge >= 0.3 is 0 Å². The van der Waals surface area contributed by atoms with Crippen molar-refractivity contribution in [2.24, 2.45) is 0 Å². The Kier molecular flexibility index (Phi) is 4.42. The third-order valence-corrected chi connectivity index (χ3v) is 3.30. The van der Waals surface area contributed by atoms with E-state index in [9.17, 15) is 4.79 Å². The Morgan fingerprint density at radius 2 is 2.10 bits per heavy atom. The molecule has 0 saturated heterocycles. The van der Waals surface area contributed by atoms with Gasteiger partial charge in [-0.15, -0.1) is 0 Å². The van der Waals surface area contributed by atoms with Gasteiger partial charge in [-0.25, -0.2) is 9.97 Å². The van der Waals surface area contributed by atoms with Crippen molar-refractivity contribution < 1.29 is 4.79 Å². The molecule has 1 heterocycles. The maximum atomic E-state index is 11.6. The Morgan fingerprint density at radius 1 is 1.40 bits per heavy atom. The summed E-state index contributed by atoms with van der Waals surface area (Å²) in [4.78, 5) is 20.3. The Balaban J connectivity index is 1.92. The van der Waals surface area contributed by atoms with Gasteiger partial charge in [0, 0.05) is 30.5 Å². The standard InChI is InChI=1S/C14H23N5O/c1-8(2)13-18-12(15)9(3)14(19-13)16-7-6-11(20)17-10-4-5-10/h8,10H,4-7H2,1-3H3,(H,17,20)(H3,15,16,18,19). The van der Waals surface area contributed by atoms with Crippen molar-refractivity contribution in [1.29, 1.82) is 0 Å². The van der Waals surface area contributed by atoms with Gasteiger partial charge in [0.15, 0.2) is 0 Å². The lowest BCUT2D eigenvalue weighted by atomic mass is 10.2. The van der Waals surface area contributed by atoms with E-state index >= 15 is 0 Å². The maximum absolute atomic E-state index is 11.6. The Bertz CT molecular complexity index is 497. The quantitative estimate of drug-likeness (QED) is 0.734. The minimum atomic E-state index is 0.0868. The highest BCUT2D eigenvalue weighted by molar-refractivity contribution is 5.77. The number of nitrogens with zero attached hydrogens (tertiary/aromatic N) is 2. The van der Waals surface area contributed by atoms with E-state index in [0.29, 0.717) is 24.8 Å². The molecule has 1 aromatic rings. The number of amides is 1. The second-order valence-electron chi connectivity index (χ2n) is 5.61. The molecule has 110 valence electrons. The van der Waals surface area contributed by atoms with Crippen molar-refractivity contribution in [1.82, 2.24) is 15.3 Å². The van der Waals surface area contributed by atoms with Gasteiger partial charge in [0.25, 0.3) is 0 Å². The van der Waals surface area contributed by atoms with Crippen LogP contribution in [0.15, 0.2) is 0 Å². The molecule has 0 atom stereocenters. The first-order valence-electron chi connectivity index (χ1n) is 7.14. The summed E-state index contributed by atoms with van der Waals surface area (Å²) in [5.74, 6) is 2.24. The molecule has 1 fully saturated rings. The molecule has 0 aliphatic heterocycles. The Labute approximate surface area is 119 Å². The zero-order valence-electron chi connectivity index (χ0n) is 12.4. The SMILES string of the molecule is Cc1c(N)nc(C(C)C)nc1NCCC(=O)NC1CC1. The number of hydrogen-bond acceptors (Lipinski definition) is 5. The molecule has 1 aliphatic carbocycles. The molecular weight excluding hydrogens is 254 g/mol. The maximum Gasteiger partial charge on any atom is 0.221 e. The Hall–Kier alpha value is -1.85. The molecule has 1 aliphatic rings. The topological polar surface area (TPSA) is 92.9 Å². The second-order valence-corrected chi connectivity index (χ2v) is 5.61. The van der Waals surface area contributed by atoms with Crippen LogP contribution in [0.25, 0.3) is 0 Å². The van der Waals surface area contributed by atoms with Crippen molar-refractivity contribution in [2.75, 3.05) is 17.6 Å². The van der Waals surface area contributed by atoms with Crippen molar-refractivity contribution in [2.45, 2.75) is 52.0 Å². The molecule has 4 N–H and O–H groups in total. The molecule has 1 saturated carbocycles. The predicted octanol–water partition coefficient (Wildman–Crippen LogP) is 1.57. The Morgan fingerprint density at radius 3 is 2.70 bits per heavy atom. The minimum Gasteiger partial charge on any atom is -0.383 e. The number of hydrogen-bond donors (Lipinski definition) is 3. The van der Waals surface area contributed by atoms with Gasteiger partial charge in [-0.05, 0) is 19.8 Å². The van der Waals surface area contributed by atoms with Gasteiger partial charge in [0.2, 0.25) is 5.91 Å². The van der Waals surface area contributed by atoms with Crippen LogP contribution in [0.1, 0.15) is 50.4 Å². The van der Waals surface area contributed by atoms with Crippen LogP contribution in [0.2, 0.25) is 0 Å². The fourth-order valence-electron chi connectivity index (χ4n) is 1.80. The molecule has 1 aromatic heterocycles. The zero-order chi connectivity index (χ0) is 14.7. The lowest BCUT2D eigenvalue weighted by Crippen LogP contribution is -2.27. The summed E-state index contributed by atoms with van der Waals surface area (Å²) in [6, 6.07) is 0.409. The molecule has 0 unspecified atom stereocenters. The van der Waals surface area contributed by atoms with E-state index in [2.05, 4.69) is 20.6 Å². The monoisotopic (exact) mass is 277 g/mol. The summed E-state index contributed by atoms with van der Waals surface area (Å²) in [5, 5.41) is 6.14. The minimum absolute atomic E-state index is 0.0868. The average molecular weight is 277 g/mol. The summed E-state index contributed by atoms with van der Waals surface area (Å²) in [5.41, 5.74) is 6.73. The van der Waals surface area contributed by atoms with E-state index in [0.717, 1.165) is 30.0 Å². The van der Waals surface area contributed by atoms with Gasteiger partial charge in [0.05, 0.1) is 0 Å². The number of nitrogen functional groups attached to an aromatic ring is 1. The van der Waals surface area contributed by atoms with Gasteiger partial charge in [-0.1, -0.05) is 13.8 Å². The highest BCUT2D eigenvalue weighted by Crippen LogP contribution is 2.21. The van der Waals surface area contributed by atoms with E-state index in [1.165, 1.54) is 0 Å². The first kappa shape index (κ1) is 14.6. The van der Waals surface area contributed by atoms with Gasteiger partial charge < -0.3 is 16.4 Å². The zero-order valence-corrected chi connectivity index (χ0v) is 12.4. The van der Waals surface area contributed by atoms with E-state index in [1.54, 1.807) is 0 Å². The van der Waals surface area contributed by atoms with Gasteiger partial charge in [-0.2, -0.15) is 0 Å². The number of carbonyl (C=O) groups excluding carboxylic acids is 1. The third kappa shape index (κ3) is 3.82. The molecule has 6 nitrogen and oxygen atoms in total. The molecule has 0 bridgehead atoms. The number of aromatic nitrogens is 2. The lowest BCUT2D eigenvalue weighted by molar-refractivity contribution is -0.120. The summed E-state index contributed by atoms with van der Waals surface area (Å²) in [7, 11) is 0. The molecule has 0 radical (unpaired) electrons. The number of anilines is 2. The number of nitrogens with one attached hydrogen (secondary N) is 2. The van der Waals surface area contributed by atoms with Crippen LogP contribution in [-0.4, -0.2) is 28.5 Å². The van der Waals surface area contributed by atoms with Gasteiger partial charge in [0.1, 0.15) is 17.5 Å². The van der Waals surface area contributed by atoms with Crippen LogP contribution in [-0.2, 0) is 4.79 Å². The van der Waals surface area contributed by atoms with E-state index < -0.39 is 0 Å². The fourth-order valence-corrected chi connectivity index (χ4v) is 1.80. The van der Waals surface area contributed by atoms with Crippen LogP contribution >= 0.6 is 0 Å². The van der Waals surface area contributed by atoms with Crippen molar-refractivity contribution in [3.05, 3.63) is 11.4 Å². The van der Waals surface area contributed by atoms with Crippen LogP contribution in [0, 0.1) is 6.92 Å². The fraction of sp³-hybridized carbons (Fsp3) is 0.643. The number of nitrogens with two attached hydrogens (primary N) is 1. The van der Waals surface area contributed by atoms with Crippen LogP contribution in [0.3, 0.4) is 0 Å². The highest BCUT2D eigenvalue weighted by Gasteiger charge is 2.22. The van der Waals surface area contributed by atoms with Gasteiger partial charge in [-0.3, -0.25) is 4.79 Å². The van der Waals surface area contributed by atoms with E-state index in [4.69, 9.17) is 5.73 Å². The smallest absolute Gasteiger partial charge is 0.221 e. The average Bonchev–Trinajstić information content (AvgIpc) is 3.17. The van der Waals surface area contributed by atoms with E-state index in [1.807, 2.05) is 20.8 Å². The predicted molar refractivity (Wildman–Crippen MR) is 79.5 cm³/mol. The van der Waals surface area contributed by atoms with Crippen LogP contribution in [0.4, 0.5) is 11.6 Å². The largest absolute Gasteiger partial charge is 0.383 e. The summed E-state index contributed by atoms with van der Waals surface area (Å²) >= 11 is 0. The second kappa shape index (κ2) is 6.07. The first-order chi connectivity index (χ1) is 9.47. The van der Waals surface area contributed by atoms with E-state index in [-0.39, 0.29) is 11.8 Å². The molecule has 2 rings (SSSR count). The third-order valence-electron chi connectivity index (χ3n) is 3.30. The number of rotatable bonds is 6. The molecular formula is C14H23N5O. The number of carbonyl (C=O) groups is 1. The van der Waals surface area contributed by atoms with Crippen LogP contribution in [0.5, 0.6) is 0 Å². The van der Waals surface area contributed by atoms with Crippen molar-refractivity contribution in [3.8, 4) is 0 Å².